The van der Waals surface area contributed by atoms with Gasteiger partial charge < -0.3 is 9.14 Å². The Labute approximate surface area is 85.1 Å². The van der Waals surface area contributed by atoms with Crippen LogP contribution in [0.1, 0.15) is 10.4 Å². The summed E-state index contributed by atoms with van der Waals surface area (Å²) in [6.45, 7) is 0. The maximum absolute atomic E-state index is 11.2. The van der Waals surface area contributed by atoms with E-state index in [1.165, 1.54) is 13.2 Å². The Morgan fingerprint density at radius 1 is 1.64 bits per heavy atom. The molecule has 0 fully saturated rings. The van der Waals surface area contributed by atoms with Crippen LogP contribution in [-0.4, -0.2) is 22.5 Å². The minimum absolute atomic E-state index is 0.406. The van der Waals surface area contributed by atoms with Gasteiger partial charge in [-0.25, -0.2) is 9.78 Å². The van der Waals surface area contributed by atoms with Gasteiger partial charge in [0.25, 0.3) is 0 Å². The van der Waals surface area contributed by atoms with Crippen LogP contribution in [0.5, 0.6) is 0 Å². The van der Waals surface area contributed by atoms with E-state index >= 15 is 0 Å². The van der Waals surface area contributed by atoms with E-state index in [9.17, 15) is 4.79 Å². The summed E-state index contributed by atoms with van der Waals surface area (Å²) < 4.78 is 6.26. The Bertz CT molecular complexity index is 493. The lowest BCUT2D eigenvalue weighted by atomic mass is 10.3. The Balaban J connectivity index is 2.64. The van der Waals surface area contributed by atoms with Gasteiger partial charge in [0.15, 0.2) is 5.65 Å². The Hall–Kier alpha value is -1.55. The lowest BCUT2D eigenvalue weighted by Crippen LogP contribution is -2.02. The molecule has 2 aromatic heterocycles. The molecule has 0 amide bonds. The Kier molecular flexibility index (Phi) is 2.13. The number of carbonyl (C=O) groups is 1. The molecule has 0 aliphatic heterocycles. The smallest absolute Gasteiger partial charge is 0.339 e. The van der Waals surface area contributed by atoms with E-state index in [2.05, 4.69) is 9.72 Å². The average molecular weight is 211 g/mol. The van der Waals surface area contributed by atoms with E-state index in [0.29, 0.717) is 16.2 Å². The van der Waals surface area contributed by atoms with Gasteiger partial charge in [0.1, 0.15) is 0 Å². The fraction of sp³-hybridized carbons (Fsp3) is 0.111. The molecule has 0 aliphatic rings. The molecule has 2 rings (SSSR count). The monoisotopic (exact) mass is 210 g/mol. The average Bonchev–Trinajstić information content (AvgIpc) is 2.64. The van der Waals surface area contributed by atoms with Crippen molar-refractivity contribution >= 4 is 23.2 Å². The fourth-order valence-electron chi connectivity index (χ4n) is 1.22. The molecule has 0 radical (unpaired) electrons. The van der Waals surface area contributed by atoms with Crippen LogP contribution < -0.4 is 0 Å². The molecule has 4 nitrogen and oxygen atoms in total. The molecule has 0 unspecified atom stereocenters. The van der Waals surface area contributed by atoms with Crippen LogP contribution in [0, 0.1) is 0 Å². The third-order valence-corrected chi connectivity index (χ3v) is 2.14. The van der Waals surface area contributed by atoms with Gasteiger partial charge in [-0.05, 0) is 6.07 Å². The molecule has 0 N–H and O–H groups in total. The first-order valence-corrected chi connectivity index (χ1v) is 4.30. The fourth-order valence-corrected chi connectivity index (χ4v) is 1.48. The number of imidazole rings is 1. The summed E-state index contributed by atoms with van der Waals surface area (Å²) in [5.74, 6) is -0.414. The standard InChI is InChI=1S/C9H7ClN2O2/c1-14-9(13)6-4-7(10)8-11-2-3-12(8)5-6/h2-5H,1H3. The maximum atomic E-state index is 11.2. The molecule has 5 heteroatoms. The number of halogens is 1. The highest BCUT2D eigenvalue weighted by molar-refractivity contribution is 6.33. The number of hydrogen-bond donors (Lipinski definition) is 0. The zero-order chi connectivity index (χ0) is 10.1. The number of pyridine rings is 1. The number of aromatic nitrogens is 2. The molecule has 0 saturated heterocycles. The summed E-state index contributed by atoms with van der Waals surface area (Å²) in [4.78, 5) is 15.2. The van der Waals surface area contributed by atoms with Crippen LogP contribution in [0.15, 0.2) is 24.7 Å². The van der Waals surface area contributed by atoms with Crippen LogP contribution in [0.3, 0.4) is 0 Å². The van der Waals surface area contributed by atoms with Crippen LogP contribution in [0.25, 0.3) is 5.65 Å². The first-order chi connectivity index (χ1) is 6.72. The number of esters is 1. The van der Waals surface area contributed by atoms with Crippen molar-refractivity contribution in [2.24, 2.45) is 0 Å². The number of fused-ring (bicyclic) bond motifs is 1. The number of rotatable bonds is 1. The molecule has 0 atom stereocenters. The van der Waals surface area contributed by atoms with Gasteiger partial charge in [0.05, 0.1) is 17.7 Å². The highest BCUT2D eigenvalue weighted by Gasteiger charge is 2.09. The van der Waals surface area contributed by atoms with Crippen molar-refractivity contribution in [2.75, 3.05) is 7.11 Å². The van der Waals surface area contributed by atoms with Gasteiger partial charge in [-0.1, -0.05) is 11.6 Å². The number of hydrogen-bond acceptors (Lipinski definition) is 3. The highest BCUT2D eigenvalue weighted by Crippen LogP contribution is 2.17. The summed E-state index contributed by atoms with van der Waals surface area (Å²) in [5, 5.41) is 0.429. The molecular formula is C9H7ClN2O2. The van der Waals surface area contributed by atoms with Crippen molar-refractivity contribution in [2.45, 2.75) is 0 Å². The number of ether oxygens (including phenoxy) is 1. The summed E-state index contributed by atoms with van der Waals surface area (Å²) >= 11 is 5.91. The zero-order valence-electron chi connectivity index (χ0n) is 7.40. The zero-order valence-corrected chi connectivity index (χ0v) is 8.15. The van der Waals surface area contributed by atoms with Crippen molar-refractivity contribution in [1.82, 2.24) is 9.38 Å². The topological polar surface area (TPSA) is 43.6 Å². The lowest BCUT2D eigenvalue weighted by molar-refractivity contribution is 0.0600. The predicted octanol–water partition coefficient (Wildman–Crippen LogP) is 1.77. The summed E-state index contributed by atoms with van der Waals surface area (Å²) in [6.07, 6.45) is 4.95. The van der Waals surface area contributed by atoms with Gasteiger partial charge in [0, 0.05) is 18.6 Å². The summed E-state index contributed by atoms with van der Waals surface area (Å²) in [7, 11) is 1.33. The van der Waals surface area contributed by atoms with Crippen LogP contribution >= 0.6 is 11.6 Å². The van der Waals surface area contributed by atoms with Gasteiger partial charge >= 0.3 is 5.97 Å². The summed E-state index contributed by atoms with van der Waals surface area (Å²) in [6, 6.07) is 1.54. The highest BCUT2D eigenvalue weighted by atomic mass is 35.5. The number of methoxy groups -OCH3 is 1. The third kappa shape index (κ3) is 1.33. The molecule has 72 valence electrons. The second-order valence-corrected chi connectivity index (χ2v) is 3.13. The van der Waals surface area contributed by atoms with Crippen LogP contribution in [-0.2, 0) is 4.74 Å². The summed E-state index contributed by atoms with van der Waals surface area (Å²) in [5.41, 5.74) is 1.03. The molecule has 0 aliphatic carbocycles. The van der Waals surface area contributed by atoms with Crippen molar-refractivity contribution in [3.8, 4) is 0 Å². The third-order valence-electron chi connectivity index (χ3n) is 1.86. The number of nitrogens with zero attached hydrogens (tertiary/aromatic N) is 2. The van der Waals surface area contributed by atoms with E-state index in [1.54, 1.807) is 23.0 Å². The van der Waals surface area contributed by atoms with E-state index < -0.39 is 5.97 Å². The predicted molar refractivity (Wildman–Crippen MR) is 51.5 cm³/mol. The van der Waals surface area contributed by atoms with Gasteiger partial charge in [-0.2, -0.15) is 0 Å². The molecule has 14 heavy (non-hydrogen) atoms. The van der Waals surface area contributed by atoms with Crippen molar-refractivity contribution in [1.29, 1.82) is 0 Å². The van der Waals surface area contributed by atoms with Crippen LogP contribution in [0.4, 0.5) is 0 Å². The minimum atomic E-state index is -0.414. The maximum Gasteiger partial charge on any atom is 0.339 e. The van der Waals surface area contributed by atoms with Crippen LogP contribution in [0.2, 0.25) is 5.02 Å². The lowest BCUT2D eigenvalue weighted by Gasteiger charge is -2.01. The molecule has 2 heterocycles. The molecular weight excluding hydrogens is 204 g/mol. The van der Waals surface area contributed by atoms with Crippen molar-refractivity contribution < 1.29 is 9.53 Å². The Morgan fingerprint density at radius 3 is 3.14 bits per heavy atom. The molecule has 2 aromatic rings. The van der Waals surface area contributed by atoms with Gasteiger partial charge in [0.2, 0.25) is 0 Å². The van der Waals surface area contributed by atoms with Crippen molar-refractivity contribution in [3.63, 3.8) is 0 Å². The van der Waals surface area contributed by atoms with Gasteiger partial charge in [-0.15, -0.1) is 0 Å². The first kappa shape index (κ1) is 9.02. The molecule has 0 spiro atoms. The second kappa shape index (κ2) is 3.31. The second-order valence-electron chi connectivity index (χ2n) is 2.73. The number of carbonyl (C=O) groups excluding carboxylic acids is 1. The molecule has 0 bridgehead atoms. The largest absolute Gasteiger partial charge is 0.465 e. The minimum Gasteiger partial charge on any atom is -0.465 e. The SMILES string of the molecule is COC(=O)c1cc(Cl)c2nccn2c1. The van der Waals surface area contributed by atoms with E-state index in [-0.39, 0.29) is 0 Å². The first-order valence-electron chi connectivity index (χ1n) is 3.93. The quantitative estimate of drug-likeness (QED) is 0.674. The molecule has 0 aromatic carbocycles. The van der Waals surface area contributed by atoms with E-state index in [0.717, 1.165) is 0 Å². The van der Waals surface area contributed by atoms with Gasteiger partial charge in [-0.3, -0.25) is 0 Å². The van der Waals surface area contributed by atoms with E-state index in [1.807, 2.05) is 0 Å². The normalized spacial score (nSPS) is 10.4. The van der Waals surface area contributed by atoms with Crippen molar-refractivity contribution in [3.05, 3.63) is 35.2 Å². The molecule has 0 saturated carbocycles. The Morgan fingerprint density at radius 2 is 2.43 bits per heavy atom. The van der Waals surface area contributed by atoms with E-state index in [4.69, 9.17) is 11.6 Å².